The highest BCUT2D eigenvalue weighted by Crippen LogP contribution is 2.17. The highest BCUT2D eigenvalue weighted by molar-refractivity contribution is 5.77. The Labute approximate surface area is 147 Å². The molecule has 6 nitrogen and oxygen atoms in total. The number of urea groups is 1. The minimum Gasteiger partial charge on any atom is -0.330 e. The maximum absolute atomic E-state index is 12.5. The second-order valence-electron chi connectivity index (χ2n) is 6.04. The van der Waals surface area contributed by atoms with Gasteiger partial charge in [-0.05, 0) is 38.1 Å². The van der Waals surface area contributed by atoms with Crippen LogP contribution in [-0.2, 0) is 13.1 Å². The van der Waals surface area contributed by atoms with Crippen molar-refractivity contribution in [1.29, 1.82) is 0 Å². The molecule has 6 heteroatoms. The maximum Gasteiger partial charge on any atom is 0.318 e. The van der Waals surface area contributed by atoms with E-state index in [-0.39, 0.29) is 12.1 Å². The normalized spacial score (nSPS) is 12.1. The van der Waals surface area contributed by atoms with Gasteiger partial charge in [0, 0.05) is 19.8 Å². The molecule has 2 aromatic heterocycles. The quantitative estimate of drug-likeness (QED) is 0.776. The summed E-state index contributed by atoms with van der Waals surface area (Å²) in [5, 5.41) is 2.97. The number of hydrogen-bond donors (Lipinski definition) is 1. The Bertz CT molecular complexity index is 859. The van der Waals surface area contributed by atoms with E-state index in [4.69, 9.17) is 0 Å². The number of nitrogens with one attached hydrogen (secondary N) is 1. The van der Waals surface area contributed by atoms with Gasteiger partial charge in [0.2, 0.25) is 0 Å². The van der Waals surface area contributed by atoms with Gasteiger partial charge in [-0.2, -0.15) is 0 Å². The second kappa shape index (κ2) is 7.34. The number of hydrogen-bond acceptors (Lipinski definition) is 3. The molecule has 3 rings (SSSR count). The molecular formula is C19H23N5O. The van der Waals surface area contributed by atoms with Crippen LogP contribution in [0.4, 0.5) is 4.79 Å². The van der Waals surface area contributed by atoms with Crippen molar-refractivity contribution in [3.05, 3.63) is 60.2 Å². The molecule has 0 aliphatic carbocycles. The van der Waals surface area contributed by atoms with Crippen molar-refractivity contribution >= 4 is 17.1 Å². The number of aromatic nitrogens is 3. The third-order valence-corrected chi connectivity index (χ3v) is 4.25. The van der Waals surface area contributed by atoms with Gasteiger partial charge in [-0.25, -0.2) is 9.78 Å². The summed E-state index contributed by atoms with van der Waals surface area (Å²) in [5.41, 5.74) is 2.88. The van der Waals surface area contributed by atoms with Crippen LogP contribution in [0, 0.1) is 0 Å². The first-order chi connectivity index (χ1) is 12.1. The zero-order valence-electron chi connectivity index (χ0n) is 14.8. The number of rotatable bonds is 5. The van der Waals surface area contributed by atoms with Crippen LogP contribution in [0.3, 0.4) is 0 Å². The van der Waals surface area contributed by atoms with Crippen molar-refractivity contribution in [2.24, 2.45) is 0 Å². The van der Waals surface area contributed by atoms with Crippen LogP contribution in [0.5, 0.6) is 0 Å². The van der Waals surface area contributed by atoms with Crippen molar-refractivity contribution in [3.63, 3.8) is 0 Å². The first kappa shape index (κ1) is 17.0. The Balaban J connectivity index is 1.71. The number of benzene rings is 1. The second-order valence-corrected chi connectivity index (χ2v) is 6.04. The lowest BCUT2D eigenvalue weighted by Crippen LogP contribution is -2.38. The van der Waals surface area contributed by atoms with E-state index in [1.165, 1.54) is 0 Å². The van der Waals surface area contributed by atoms with Gasteiger partial charge in [0.1, 0.15) is 5.82 Å². The number of aryl methyl sites for hydroxylation is 1. The highest BCUT2D eigenvalue weighted by atomic mass is 16.2. The van der Waals surface area contributed by atoms with Gasteiger partial charge in [-0.3, -0.25) is 4.98 Å². The first-order valence-corrected chi connectivity index (χ1v) is 8.47. The van der Waals surface area contributed by atoms with E-state index in [2.05, 4.69) is 32.8 Å². The molecule has 1 N–H and O–H groups in total. The summed E-state index contributed by atoms with van der Waals surface area (Å²) in [6, 6.07) is 13.4. The number of carbonyl (C=O) groups excluding carboxylic acids is 1. The van der Waals surface area contributed by atoms with Crippen LogP contribution in [-0.4, -0.2) is 32.5 Å². The average molecular weight is 337 g/mol. The minimum atomic E-state index is -0.152. The lowest BCUT2D eigenvalue weighted by Gasteiger charge is -2.21. The average Bonchev–Trinajstić information content (AvgIpc) is 2.99. The summed E-state index contributed by atoms with van der Waals surface area (Å²) in [4.78, 5) is 23.1. The van der Waals surface area contributed by atoms with Crippen LogP contribution in [0.15, 0.2) is 48.7 Å². The van der Waals surface area contributed by atoms with Crippen LogP contribution < -0.4 is 5.32 Å². The predicted octanol–water partition coefficient (Wildman–Crippen LogP) is 3.35. The van der Waals surface area contributed by atoms with E-state index in [0.29, 0.717) is 6.54 Å². The van der Waals surface area contributed by atoms with Crippen molar-refractivity contribution in [3.8, 4) is 0 Å². The Morgan fingerprint density at radius 2 is 2.00 bits per heavy atom. The third-order valence-electron chi connectivity index (χ3n) is 4.25. The predicted molar refractivity (Wildman–Crippen MR) is 98.1 cm³/mol. The van der Waals surface area contributed by atoms with E-state index in [9.17, 15) is 4.79 Å². The van der Waals surface area contributed by atoms with Crippen LogP contribution >= 0.6 is 0 Å². The van der Waals surface area contributed by atoms with Gasteiger partial charge < -0.3 is 14.8 Å². The fourth-order valence-electron chi connectivity index (χ4n) is 2.88. The molecule has 0 saturated heterocycles. The zero-order valence-corrected chi connectivity index (χ0v) is 14.8. The van der Waals surface area contributed by atoms with Gasteiger partial charge >= 0.3 is 6.03 Å². The first-order valence-electron chi connectivity index (χ1n) is 8.47. The molecule has 0 radical (unpaired) electrons. The molecule has 1 atom stereocenters. The number of pyridine rings is 1. The molecule has 0 spiro atoms. The van der Waals surface area contributed by atoms with Crippen molar-refractivity contribution < 1.29 is 4.79 Å². The lowest BCUT2D eigenvalue weighted by molar-refractivity contribution is 0.201. The van der Waals surface area contributed by atoms with Crippen LogP contribution in [0.1, 0.15) is 31.4 Å². The maximum atomic E-state index is 12.5. The molecule has 1 aromatic carbocycles. The molecule has 25 heavy (non-hydrogen) atoms. The summed E-state index contributed by atoms with van der Waals surface area (Å²) < 4.78 is 2.14. The van der Waals surface area contributed by atoms with Crippen LogP contribution in [0.2, 0.25) is 0 Å². The summed E-state index contributed by atoms with van der Waals surface area (Å²) in [7, 11) is 1.78. The summed E-state index contributed by atoms with van der Waals surface area (Å²) >= 11 is 0. The van der Waals surface area contributed by atoms with Gasteiger partial charge in [-0.1, -0.05) is 18.2 Å². The Morgan fingerprint density at radius 1 is 1.24 bits per heavy atom. The molecule has 2 amide bonds. The molecular weight excluding hydrogens is 314 g/mol. The lowest BCUT2D eigenvalue weighted by atomic mass is 10.2. The standard InChI is InChI=1S/C19H23N5O/c1-4-24-17-11-6-5-10-16(17)22-18(24)13-23(3)19(25)21-14(2)15-9-7-8-12-20-15/h5-12,14H,4,13H2,1-3H3,(H,21,25)/t14-/m0/s1. The third kappa shape index (κ3) is 3.63. The number of carbonyl (C=O) groups is 1. The number of fused-ring (bicyclic) bond motifs is 1. The van der Waals surface area contributed by atoms with E-state index in [1.54, 1.807) is 18.1 Å². The molecule has 0 aliphatic rings. The molecule has 0 saturated carbocycles. The molecule has 0 aliphatic heterocycles. The summed E-state index contributed by atoms with van der Waals surface area (Å²) in [5.74, 6) is 0.881. The monoisotopic (exact) mass is 337 g/mol. The van der Waals surface area contributed by atoms with E-state index in [1.807, 2.05) is 43.3 Å². The SMILES string of the molecule is CCn1c(CN(C)C(=O)N[C@@H](C)c2ccccn2)nc2ccccc21. The summed E-state index contributed by atoms with van der Waals surface area (Å²) in [6.45, 7) is 5.27. The molecule has 2 heterocycles. The Morgan fingerprint density at radius 3 is 2.72 bits per heavy atom. The van der Waals surface area contributed by atoms with Crippen molar-refractivity contribution in [1.82, 2.24) is 24.8 Å². The van der Waals surface area contributed by atoms with Crippen LogP contribution in [0.25, 0.3) is 11.0 Å². The largest absolute Gasteiger partial charge is 0.330 e. The highest BCUT2D eigenvalue weighted by Gasteiger charge is 2.17. The van der Waals surface area contributed by atoms with Gasteiger partial charge in [-0.15, -0.1) is 0 Å². The van der Waals surface area contributed by atoms with E-state index >= 15 is 0 Å². The van der Waals surface area contributed by atoms with E-state index in [0.717, 1.165) is 29.1 Å². The topological polar surface area (TPSA) is 63.1 Å². The Hall–Kier alpha value is -2.89. The zero-order chi connectivity index (χ0) is 17.8. The molecule has 130 valence electrons. The fraction of sp³-hybridized carbons (Fsp3) is 0.316. The van der Waals surface area contributed by atoms with Gasteiger partial charge in [0.15, 0.2) is 0 Å². The minimum absolute atomic E-state index is 0.145. The van der Waals surface area contributed by atoms with Gasteiger partial charge in [0.25, 0.3) is 0 Å². The Kier molecular flexibility index (Phi) is 4.97. The van der Waals surface area contributed by atoms with E-state index < -0.39 is 0 Å². The molecule has 3 aromatic rings. The number of nitrogens with zero attached hydrogens (tertiary/aromatic N) is 4. The van der Waals surface area contributed by atoms with Crippen molar-refractivity contribution in [2.75, 3.05) is 7.05 Å². The van der Waals surface area contributed by atoms with Crippen molar-refractivity contribution in [2.45, 2.75) is 33.0 Å². The summed E-state index contributed by atoms with van der Waals surface area (Å²) in [6.07, 6.45) is 1.73. The smallest absolute Gasteiger partial charge is 0.318 e. The number of imidazole rings is 1. The molecule has 0 unspecified atom stereocenters. The van der Waals surface area contributed by atoms with Gasteiger partial charge in [0.05, 0.1) is 29.3 Å². The number of amides is 2. The number of para-hydroxylation sites is 2. The molecule has 0 bridgehead atoms. The molecule has 0 fully saturated rings. The fourth-order valence-corrected chi connectivity index (χ4v) is 2.88.